The van der Waals surface area contributed by atoms with Gasteiger partial charge >= 0.3 is 0 Å². The number of ether oxygens (including phenoxy) is 1. The van der Waals surface area contributed by atoms with E-state index in [9.17, 15) is 0 Å². The maximum atomic E-state index is 5.64. The van der Waals surface area contributed by atoms with Gasteiger partial charge in [0, 0.05) is 32.5 Å². The zero-order valence-corrected chi connectivity index (χ0v) is 10.5. The van der Waals surface area contributed by atoms with Crippen LogP contribution in [0.25, 0.3) is 0 Å². The molecule has 1 aliphatic heterocycles. The largest absolute Gasteiger partial charge is 0.379 e. The van der Waals surface area contributed by atoms with Crippen LogP contribution in [0.3, 0.4) is 0 Å². The van der Waals surface area contributed by atoms with E-state index >= 15 is 0 Å². The van der Waals surface area contributed by atoms with Gasteiger partial charge in [0.05, 0.1) is 12.2 Å². The fourth-order valence-corrected chi connectivity index (χ4v) is 3.04. The molecule has 1 aliphatic carbocycles. The molecule has 0 spiro atoms. The molecule has 0 aromatic rings. The highest BCUT2D eigenvalue weighted by Crippen LogP contribution is 2.29. The van der Waals surface area contributed by atoms with Crippen molar-refractivity contribution in [3.8, 4) is 0 Å². The Kier molecular flexibility index (Phi) is 4.31. The van der Waals surface area contributed by atoms with E-state index in [2.05, 4.69) is 4.90 Å². The van der Waals surface area contributed by atoms with Crippen LogP contribution in [0, 0.1) is 0 Å². The predicted molar refractivity (Wildman–Crippen MR) is 63.0 cm³/mol. The molecule has 0 bridgehead atoms. The number of likely N-dealkylation sites (tertiary alicyclic amines) is 1. The summed E-state index contributed by atoms with van der Waals surface area (Å²) in [4.78, 5) is 2.55. The summed E-state index contributed by atoms with van der Waals surface area (Å²) >= 11 is 1.51. The van der Waals surface area contributed by atoms with E-state index in [0.29, 0.717) is 12.2 Å². The lowest BCUT2D eigenvalue weighted by Gasteiger charge is -2.46. The molecule has 2 atom stereocenters. The van der Waals surface area contributed by atoms with E-state index in [4.69, 9.17) is 8.92 Å². The van der Waals surface area contributed by atoms with Crippen LogP contribution >= 0.6 is 12.0 Å². The van der Waals surface area contributed by atoms with Crippen LogP contribution in [-0.4, -0.2) is 49.6 Å². The van der Waals surface area contributed by atoms with Crippen molar-refractivity contribution in [3.63, 3.8) is 0 Å². The third-order valence-corrected chi connectivity index (χ3v) is 4.02. The summed E-state index contributed by atoms with van der Waals surface area (Å²) in [7, 11) is 1.81. The molecule has 0 amide bonds. The Hall–Kier alpha value is 0.230. The van der Waals surface area contributed by atoms with E-state index in [0.717, 1.165) is 19.1 Å². The van der Waals surface area contributed by atoms with Crippen molar-refractivity contribution >= 4 is 12.0 Å². The molecular weight excluding hydrogens is 210 g/mol. The zero-order valence-electron chi connectivity index (χ0n) is 9.65. The Bertz CT molecular complexity index is 195. The first-order valence-electron chi connectivity index (χ1n) is 5.79. The minimum atomic E-state index is 0.473. The van der Waals surface area contributed by atoms with E-state index in [1.807, 2.05) is 13.4 Å². The minimum absolute atomic E-state index is 0.473. The molecule has 3 nitrogen and oxygen atoms in total. The van der Waals surface area contributed by atoms with Crippen molar-refractivity contribution in [2.75, 3.05) is 26.5 Å². The van der Waals surface area contributed by atoms with E-state index in [1.54, 1.807) is 0 Å². The van der Waals surface area contributed by atoms with Crippen molar-refractivity contribution in [1.29, 1.82) is 0 Å². The summed E-state index contributed by atoms with van der Waals surface area (Å²) in [6, 6.07) is 0.738. The number of methoxy groups -OCH3 is 1. The Labute approximate surface area is 96.7 Å². The Balaban J connectivity index is 1.73. The van der Waals surface area contributed by atoms with Crippen LogP contribution in [0.15, 0.2) is 0 Å². The highest BCUT2D eigenvalue weighted by molar-refractivity contribution is 7.93. The molecule has 88 valence electrons. The number of hydrogen-bond acceptors (Lipinski definition) is 4. The van der Waals surface area contributed by atoms with Gasteiger partial charge in [0.1, 0.15) is 0 Å². The maximum Gasteiger partial charge on any atom is 0.0825 e. The fourth-order valence-electron chi connectivity index (χ4n) is 2.59. The van der Waals surface area contributed by atoms with Gasteiger partial charge in [-0.1, -0.05) is 0 Å². The molecule has 4 heteroatoms. The van der Waals surface area contributed by atoms with Crippen molar-refractivity contribution < 1.29 is 8.92 Å². The summed E-state index contributed by atoms with van der Waals surface area (Å²) in [5, 5.41) is 0. The Morgan fingerprint density at radius 3 is 2.67 bits per heavy atom. The van der Waals surface area contributed by atoms with Gasteiger partial charge in [0.25, 0.3) is 0 Å². The molecule has 15 heavy (non-hydrogen) atoms. The van der Waals surface area contributed by atoms with Crippen LogP contribution in [-0.2, 0) is 8.92 Å². The SMILES string of the molecule is COC1CN(C2CCCC(OSC)C2)C1. The van der Waals surface area contributed by atoms with Gasteiger partial charge in [-0.2, -0.15) is 0 Å². The molecule has 2 rings (SSSR count). The average Bonchev–Trinajstić information content (AvgIpc) is 2.17. The molecule has 2 fully saturated rings. The first kappa shape index (κ1) is 11.7. The summed E-state index contributed by atoms with van der Waals surface area (Å²) in [5.74, 6) is 0. The zero-order chi connectivity index (χ0) is 10.7. The van der Waals surface area contributed by atoms with Crippen molar-refractivity contribution in [2.45, 2.75) is 43.9 Å². The van der Waals surface area contributed by atoms with E-state index in [1.165, 1.54) is 37.7 Å². The van der Waals surface area contributed by atoms with Crippen LogP contribution in [0.4, 0.5) is 0 Å². The summed E-state index contributed by atoms with van der Waals surface area (Å²) in [6.45, 7) is 2.24. The molecular formula is C11H21NO2S. The number of nitrogens with zero attached hydrogens (tertiary/aromatic N) is 1. The minimum Gasteiger partial charge on any atom is -0.379 e. The molecule has 2 unspecified atom stereocenters. The quantitative estimate of drug-likeness (QED) is 0.689. The normalized spacial score (nSPS) is 34.0. The lowest BCUT2D eigenvalue weighted by atomic mass is 9.90. The predicted octanol–water partition coefficient (Wildman–Crippen LogP) is 1.92. The first-order valence-corrected chi connectivity index (χ1v) is 6.94. The Morgan fingerprint density at radius 1 is 1.20 bits per heavy atom. The Morgan fingerprint density at radius 2 is 2.00 bits per heavy atom. The number of rotatable bonds is 4. The van der Waals surface area contributed by atoms with Crippen LogP contribution in [0.2, 0.25) is 0 Å². The third kappa shape index (κ3) is 2.87. The van der Waals surface area contributed by atoms with Gasteiger partial charge < -0.3 is 8.92 Å². The van der Waals surface area contributed by atoms with Gasteiger partial charge in [-0.3, -0.25) is 4.90 Å². The van der Waals surface area contributed by atoms with Gasteiger partial charge in [-0.25, -0.2) is 0 Å². The van der Waals surface area contributed by atoms with Crippen LogP contribution in [0.5, 0.6) is 0 Å². The fraction of sp³-hybridized carbons (Fsp3) is 1.00. The molecule has 0 radical (unpaired) electrons. The third-order valence-electron chi connectivity index (χ3n) is 3.56. The lowest BCUT2D eigenvalue weighted by Crippen LogP contribution is -2.57. The maximum absolute atomic E-state index is 5.64. The molecule has 1 saturated heterocycles. The molecule has 0 N–H and O–H groups in total. The highest BCUT2D eigenvalue weighted by Gasteiger charge is 2.35. The average molecular weight is 231 g/mol. The van der Waals surface area contributed by atoms with Crippen molar-refractivity contribution in [1.82, 2.24) is 4.90 Å². The molecule has 0 aromatic heterocycles. The lowest BCUT2D eigenvalue weighted by molar-refractivity contribution is -0.0646. The second kappa shape index (κ2) is 5.53. The van der Waals surface area contributed by atoms with Gasteiger partial charge in [-0.05, 0) is 37.7 Å². The molecule has 2 aliphatic rings. The second-order valence-electron chi connectivity index (χ2n) is 4.52. The smallest absolute Gasteiger partial charge is 0.0825 e. The van der Waals surface area contributed by atoms with E-state index in [-0.39, 0.29) is 0 Å². The monoisotopic (exact) mass is 231 g/mol. The van der Waals surface area contributed by atoms with E-state index < -0.39 is 0 Å². The standard InChI is InChI=1S/C11H21NO2S/c1-13-11-7-12(8-11)9-4-3-5-10(6-9)14-15-2/h9-11H,3-8H2,1-2H3. The molecule has 1 saturated carbocycles. The summed E-state index contributed by atoms with van der Waals surface area (Å²) in [6.07, 6.45) is 8.05. The van der Waals surface area contributed by atoms with Gasteiger partial charge in [-0.15, -0.1) is 0 Å². The van der Waals surface area contributed by atoms with Gasteiger partial charge in [0.2, 0.25) is 0 Å². The molecule has 0 aromatic carbocycles. The first-order chi connectivity index (χ1) is 7.33. The van der Waals surface area contributed by atoms with Gasteiger partial charge in [0.15, 0.2) is 0 Å². The summed E-state index contributed by atoms with van der Waals surface area (Å²) < 4.78 is 10.9. The van der Waals surface area contributed by atoms with Crippen LogP contribution < -0.4 is 0 Å². The molecule has 1 heterocycles. The topological polar surface area (TPSA) is 21.7 Å². The summed E-state index contributed by atoms with van der Waals surface area (Å²) in [5.41, 5.74) is 0. The van der Waals surface area contributed by atoms with Crippen LogP contribution in [0.1, 0.15) is 25.7 Å². The highest BCUT2D eigenvalue weighted by atomic mass is 32.2. The van der Waals surface area contributed by atoms with Crippen molar-refractivity contribution in [3.05, 3.63) is 0 Å². The van der Waals surface area contributed by atoms with Crippen molar-refractivity contribution in [2.24, 2.45) is 0 Å². The second-order valence-corrected chi connectivity index (χ2v) is 5.04. The number of hydrogen-bond donors (Lipinski definition) is 0.